The molecule has 1 nitrogen and oxygen atoms in total. The smallest absolute Gasteiger partial charge is 0.159 e. The van der Waals surface area contributed by atoms with Crippen molar-refractivity contribution < 1.29 is 4.79 Å². The van der Waals surface area contributed by atoms with Gasteiger partial charge in [0.2, 0.25) is 0 Å². The quantitative estimate of drug-likeness (QED) is 0.557. The second kappa shape index (κ2) is 2.46. The molecule has 72 valence electrons. The van der Waals surface area contributed by atoms with Gasteiger partial charge in [-0.1, -0.05) is 33.3 Å². The van der Waals surface area contributed by atoms with Crippen LogP contribution in [-0.4, -0.2) is 5.78 Å². The van der Waals surface area contributed by atoms with E-state index in [4.69, 9.17) is 0 Å². The maximum absolute atomic E-state index is 11.7. The molecule has 0 N–H and O–H groups in total. The Morgan fingerprint density at radius 1 is 1.31 bits per heavy atom. The van der Waals surface area contributed by atoms with Crippen LogP contribution in [0.3, 0.4) is 0 Å². The predicted octanol–water partition coefficient (Wildman–Crippen LogP) is 2.96. The van der Waals surface area contributed by atoms with E-state index in [2.05, 4.69) is 26.8 Å². The molecule has 1 heteroatoms. The highest BCUT2D eigenvalue weighted by Crippen LogP contribution is 2.54. The van der Waals surface area contributed by atoms with Crippen molar-refractivity contribution >= 4 is 5.78 Å². The van der Waals surface area contributed by atoms with E-state index in [-0.39, 0.29) is 16.7 Å². The fraction of sp³-hybridized carbons (Fsp3) is 0.750. The van der Waals surface area contributed by atoms with E-state index in [0.29, 0.717) is 5.78 Å². The summed E-state index contributed by atoms with van der Waals surface area (Å²) in [6.45, 7) is 6.71. The molecule has 0 radical (unpaired) electrons. The molecule has 0 spiro atoms. The lowest BCUT2D eigenvalue weighted by molar-refractivity contribution is -0.126. The Morgan fingerprint density at radius 2 is 2.00 bits per heavy atom. The molecule has 0 aliphatic heterocycles. The molecule has 2 rings (SSSR count). The van der Waals surface area contributed by atoms with Crippen LogP contribution in [0.2, 0.25) is 0 Å². The van der Waals surface area contributed by atoms with Gasteiger partial charge in [0.05, 0.1) is 0 Å². The van der Waals surface area contributed by atoms with Gasteiger partial charge in [0.25, 0.3) is 0 Å². The van der Waals surface area contributed by atoms with E-state index in [9.17, 15) is 4.79 Å². The molecule has 1 saturated carbocycles. The van der Waals surface area contributed by atoms with E-state index < -0.39 is 0 Å². The summed E-state index contributed by atoms with van der Waals surface area (Å²) in [5, 5.41) is 0. The molecule has 2 aliphatic rings. The van der Waals surface area contributed by atoms with E-state index in [0.717, 1.165) is 0 Å². The third kappa shape index (κ3) is 1.17. The van der Waals surface area contributed by atoms with Gasteiger partial charge in [-0.2, -0.15) is 0 Å². The molecule has 13 heavy (non-hydrogen) atoms. The molecule has 0 saturated heterocycles. The first-order chi connectivity index (χ1) is 5.96. The molecular weight excluding hydrogens is 160 g/mol. The molecule has 0 aromatic heterocycles. The minimum absolute atomic E-state index is 0.166. The fourth-order valence-corrected chi connectivity index (χ4v) is 3.36. The van der Waals surface area contributed by atoms with Crippen molar-refractivity contribution in [1.82, 2.24) is 0 Å². The van der Waals surface area contributed by atoms with Gasteiger partial charge in [0.1, 0.15) is 0 Å². The molecule has 0 aromatic rings. The van der Waals surface area contributed by atoms with Gasteiger partial charge in [-0.15, -0.1) is 0 Å². The minimum atomic E-state index is 0.166. The lowest BCUT2D eigenvalue weighted by Gasteiger charge is -2.45. The van der Waals surface area contributed by atoms with E-state index in [1.165, 1.54) is 19.3 Å². The van der Waals surface area contributed by atoms with Crippen molar-refractivity contribution in [2.24, 2.45) is 16.7 Å². The number of rotatable bonds is 0. The molecule has 1 fully saturated rings. The molecule has 0 heterocycles. The third-order valence-corrected chi connectivity index (χ3v) is 3.89. The summed E-state index contributed by atoms with van der Waals surface area (Å²) in [4.78, 5) is 11.7. The van der Waals surface area contributed by atoms with Crippen LogP contribution in [-0.2, 0) is 4.79 Å². The third-order valence-electron chi connectivity index (χ3n) is 3.89. The number of fused-ring (bicyclic) bond motifs is 1. The Morgan fingerprint density at radius 3 is 2.62 bits per heavy atom. The Hall–Kier alpha value is -0.590. The summed E-state index contributed by atoms with van der Waals surface area (Å²) in [6.07, 6.45) is 7.58. The van der Waals surface area contributed by atoms with Gasteiger partial charge in [0.15, 0.2) is 5.78 Å². The van der Waals surface area contributed by atoms with Crippen LogP contribution in [0.15, 0.2) is 12.2 Å². The number of ketones is 1. The van der Waals surface area contributed by atoms with Gasteiger partial charge in [0, 0.05) is 5.92 Å². The standard InChI is InChI=1S/C12H18O/c1-11(2)6-4-7-12(3)8-5-9(13)10(11)12/h5,8,10H,4,6-7H2,1-3H3/t10-,12-/m0/s1. The van der Waals surface area contributed by atoms with Gasteiger partial charge in [-0.3, -0.25) is 4.79 Å². The summed E-state index contributed by atoms with van der Waals surface area (Å²) in [5.41, 5.74) is 0.367. The lowest BCUT2D eigenvalue weighted by Crippen LogP contribution is -2.42. The minimum Gasteiger partial charge on any atom is -0.295 e. The zero-order valence-corrected chi connectivity index (χ0v) is 8.76. The van der Waals surface area contributed by atoms with E-state index >= 15 is 0 Å². The topological polar surface area (TPSA) is 17.1 Å². The van der Waals surface area contributed by atoms with E-state index in [1.54, 1.807) is 6.08 Å². The SMILES string of the molecule is CC1(C)CCC[C@@]2(C)C=CC(=O)[C@@H]12. The molecule has 0 bridgehead atoms. The maximum Gasteiger partial charge on any atom is 0.159 e. The number of carbonyl (C=O) groups is 1. The van der Waals surface area contributed by atoms with Crippen molar-refractivity contribution in [1.29, 1.82) is 0 Å². The summed E-state index contributed by atoms with van der Waals surface area (Å²) in [5.74, 6) is 0.598. The molecule has 2 atom stereocenters. The monoisotopic (exact) mass is 178 g/mol. The first kappa shape index (κ1) is 8.98. The van der Waals surface area contributed by atoms with E-state index in [1.807, 2.05) is 0 Å². The Kier molecular flexibility index (Phi) is 1.70. The predicted molar refractivity (Wildman–Crippen MR) is 53.4 cm³/mol. The largest absolute Gasteiger partial charge is 0.295 e. The molecule has 0 aromatic carbocycles. The second-order valence-corrected chi connectivity index (χ2v) is 5.52. The van der Waals surface area contributed by atoms with Crippen LogP contribution in [0.5, 0.6) is 0 Å². The van der Waals surface area contributed by atoms with Crippen molar-refractivity contribution in [3.05, 3.63) is 12.2 Å². The number of hydrogen-bond acceptors (Lipinski definition) is 1. The average molecular weight is 178 g/mol. The zero-order valence-electron chi connectivity index (χ0n) is 8.76. The summed E-state index contributed by atoms with van der Waals surface area (Å²) in [7, 11) is 0. The van der Waals surface area contributed by atoms with Crippen molar-refractivity contribution in [2.45, 2.75) is 40.0 Å². The number of allylic oxidation sites excluding steroid dienone is 2. The van der Waals surface area contributed by atoms with Crippen molar-refractivity contribution in [3.8, 4) is 0 Å². The second-order valence-electron chi connectivity index (χ2n) is 5.52. The molecular formula is C12H18O. The molecule has 2 aliphatic carbocycles. The zero-order chi connectivity index (χ0) is 9.69. The first-order valence-electron chi connectivity index (χ1n) is 5.19. The van der Waals surface area contributed by atoms with Crippen LogP contribution in [0.4, 0.5) is 0 Å². The van der Waals surface area contributed by atoms with Crippen LogP contribution in [0, 0.1) is 16.7 Å². The van der Waals surface area contributed by atoms with Crippen LogP contribution >= 0.6 is 0 Å². The molecule has 0 amide bonds. The normalized spacial score (nSPS) is 42.1. The van der Waals surface area contributed by atoms with Gasteiger partial charge < -0.3 is 0 Å². The van der Waals surface area contributed by atoms with Crippen molar-refractivity contribution in [2.75, 3.05) is 0 Å². The van der Waals surface area contributed by atoms with Gasteiger partial charge in [-0.25, -0.2) is 0 Å². The Labute approximate surface area is 80.2 Å². The maximum atomic E-state index is 11.7. The summed E-state index contributed by atoms with van der Waals surface area (Å²) < 4.78 is 0. The van der Waals surface area contributed by atoms with Crippen molar-refractivity contribution in [3.63, 3.8) is 0 Å². The van der Waals surface area contributed by atoms with Crippen LogP contribution in [0.25, 0.3) is 0 Å². The summed E-state index contributed by atoms with van der Waals surface area (Å²) in [6, 6.07) is 0. The van der Waals surface area contributed by atoms with Gasteiger partial charge >= 0.3 is 0 Å². The van der Waals surface area contributed by atoms with Crippen LogP contribution < -0.4 is 0 Å². The number of hydrogen-bond donors (Lipinski definition) is 0. The number of carbonyl (C=O) groups excluding carboxylic acids is 1. The van der Waals surface area contributed by atoms with Gasteiger partial charge in [-0.05, 0) is 29.7 Å². The Bertz CT molecular complexity index is 275. The first-order valence-corrected chi connectivity index (χ1v) is 5.19. The highest BCUT2D eigenvalue weighted by Gasteiger charge is 2.50. The van der Waals surface area contributed by atoms with Crippen LogP contribution in [0.1, 0.15) is 40.0 Å². The summed E-state index contributed by atoms with van der Waals surface area (Å²) >= 11 is 0. The average Bonchev–Trinajstić information content (AvgIpc) is 2.27. The fourth-order valence-electron chi connectivity index (χ4n) is 3.36. The highest BCUT2D eigenvalue weighted by atomic mass is 16.1. The molecule has 0 unspecified atom stereocenters. The lowest BCUT2D eigenvalue weighted by atomic mass is 9.58. The highest BCUT2D eigenvalue weighted by molar-refractivity contribution is 5.96. The Balaban J connectivity index is 2.39.